The van der Waals surface area contributed by atoms with E-state index in [-0.39, 0.29) is 0 Å². The maximum atomic E-state index is 4.03. The Bertz CT molecular complexity index is 261. The van der Waals surface area contributed by atoms with Gasteiger partial charge in [0.15, 0.2) is 0 Å². The summed E-state index contributed by atoms with van der Waals surface area (Å²) in [4.78, 5) is 4.03. The molecule has 1 aromatic rings. The fourth-order valence-electron chi connectivity index (χ4n) is 1.59. The molecule has 0 aliphatic heterocycles. The van der Waals surface area contributed by atoms with Crippen LogP contribution < -0.4 is 5.32 Å². The van der Waals surface area contributed by atoms with Crippen LogP contribution in [0.1, 0.15) is 38.8 Å². The van der Waals surface area contributed by atoms with Gasteiger partial charge in [-0.3, -0.25) is 4.98 Å². The van der Waals surface area contributed by atoms with Crippen LogP contribution in [0, 0.1) is 5.41 Å². The van der Waals surface area contributed by atoms with Gasteiger partial charge in [-0.05, 0) is 36.6 Å². The van der Waals surface area contributed by atoms with Crippen molar-refractivity contribution in [3.63, 3.8) is 0 Å². The normalized spacial score (nSPS) is 14.0. The Morgan fingerprint density at radius 3 is 2.29 bits per heavy atom. The van der Waals surface area contributed by atoms with Gasteiger partial charge in [0.25, 0.3) is 0 Å². The lowest BCUT2D eigenvalue weighted by Gasteiger charge is -2.25. The number of hydrogen-bond acceptors (Lipinski definition) is 2. The van der Waals surface area contributed by atoms with Gasteiger partial charge in [-0.2, -0.15) is 0 Å². The van der Waals surface area contributed by atoms with Crippen LogP contribution >= 0.6 is 0 Å². The van der Waals surface area contributed by atoms with Gasteiger partial charge in [0.2, 0.25) is 0 Å². The minimum atomic E-state index is 0.344. The topological polar surface area (TPSA) is 24.9 Å². The summed E-state index contributed by atoms with van der Waals surface area (Å²) in [5.74, 6) is 0. The fourth-order valence-corrected chi connectivity index (χ4v) is 1.59. The van der Waals surface area contributed by atoms with E-state index in [0.29, 0.717) is 11.5 Å². The molecule has 0 saturated carbocycles. The molecule has 1 heterocycles. The molecule has 1 rings (SSSR count). The second-order valence-corrected chi connectivity index (χ2v) is 4.89. The molecule has 1 N–H and O–H groups in total. The van der Waals surface area contributed by atoms with Crippen LogP contribution in [0.2, 0.25) is 0 Å². The third-order valence-electron chi connectivity index (χ3n) is 2.27. The summed E-state index contributed by atoms with van der Waals surface area (Å²) in [7, 11) is 2.01. The lowest BCUT2D eigenvalue weighted by molar-refractivity contribution is 0.320. The molecular formula is C12H20N2. The summed E-state index contributed by atoms with van der Waals surface area (Å²) in [6.45, 7) is 6.79. The molecule has 0 aromatic carbocycles. The molecule has 0 aliphatic carbocycles. The summed E-state index contributed by atoms with van der Waals surface area (Å²) < 4.78 is 0. The molecular weight excluding hydrogens is 172 g/mol. The van der Waals surface area contributed by atoms with Gasteiger partial charge in [-0.15, -0.1) is 0 Å². The quantitative estimate of drug-likeness (QED) is 0.796. The molecule has 1 atom stereocenters. The molecule has 0 radical (unpaired) electrons. The van der Waals surface area contributed by atoms with Crippen molar-refractivity contribution >= 4 is 0 Å². The van der Waals surface area contributed by atoms with E-state index >= 15 is 0 Å². The highest BCUT2D eigenvalue weighted by molar-refractivity contribution is 5.15. The Labute approximate surface area is 86.8 Å². The first-order valence-electron chi connectivity index (χ1n) is 5.10. The van der Waals surface area contributed by atoms with Gasteiger partial charge >= 0.3 is 0 Å². The highest BCUT2D eigenvalue weighted by atomic mass is 14.9. The van der Waals surface area contributed by atoms with E-state index in [1.54, 1.807) is 0 Å². The van der Waals surface area contributed by atoms with Crippen LogP contribution in [0.4, 0.5) is 0 Å². The standard InChI is InChI=1S/C12H20N2/c1-12(2,3)9-11(13-4)10-5-7-14-8-6-10/h5-8,11,13H,9H2,1-4H3. The Hall–Kier alpha value is -0.890. The van der Waals surface area contributed by atoms with Crippen molar-refractivity contribution in [1.82, 2.24) is 10.3 Å². The Morgan fingerprint density at radius 1 is 1.29 bits per heavy atom. The van der Waals surface area contributed by atoms with Crippen LogP contribution in [-0.2, 0) is 0 Å². The third-order valence-corrected chi connectivity index (χ3v) is 2.27. The van der Waals surface area contributed by atoms with Gasteiger partial charge in [-0.25, -0.2) is 0 Å². The van der Waals surface area contributed by atoms with E-state index in [4.69, 9.17) is 0 Å². The zero-order chi connectivity index (χ0) is 10.6. The maximum absolute atomic E-state index is 4.03. The molecule has 14 heavy (non-hydrogen) atoms. The van der Waals surface area contributed by atoms with Crippen molar-refractivity contribution in [2.45, 2.75) is 33.2 Å². The number of hydrogen-bond donors (Lipinski definition) is 1. The SMILES string of the molecule is CNC(CC(C)(C)C)c1ccncc1. The van der Waals surface area contributed by atoms with Crippen LogP contribution in [-0.4, -0.2) is 12.0 Å². The van der Waals surface area contributed by atoms with Crippen molar-refractivity contribution in [1.29, 1.82) is 0 Å². The predicted octanol–water partition coefficient (Wildman–Crippen LogP) is 2.78. The van der Waals surface area contributed by atoms with E-state index in [2.05, 4.69) is 43.2 Å². The average Bonchev–Trinajstić information content (AvgIpc) is 2.14. The smallest absolute Gasteiger partial charge is 0.0323 e. The Kier molecular flexibility index (Phi) is 3.64. The minimum absolute atomic E-state index is 0.344. The number of nitrogens with one attached hydrogen (secondary N) is 1. The number of rotatable bonds is 3. The second kappa shape index (κ2) is 4.56. The summed E-state index contributed by atoms with van der Waals surface area (Å²) in [6.07, 6.45) is 4.83. The molecule has 1 aromatic heterocycles. The molecule has 0 amide bonds. The zero-order valence-corrected chi connectivity index (χ0v) is 9.54. The largest absolute Gasteiger partial charge is 0.313 e. The van der Waals surface area contributed by atoms with Crippen molar-refractivity contribution in [2.75, 3.05) is 7.05 Å². The molecule has 0 bridgehead atoms. The van der Waals surface area contributed by atoms with Crippen molar-refractivity contribution in [3.8, 4) is 0 Å². The van der Waals surface area contributed by atoms with E-state index < -0.39 is 0 Å². The molecule has 2 nitrogen and oxygen atoms in total. The van der Waals surface area contributed by atoms with Crippen molar-refractivity contribution < 1.29 is 0 Å². The van der Waals surface area contributed by atoms with Gasteiger partial charge in [0, 0.05) is 18.4 Å². The van der Waals surface area contributed by atoms with E-state index in [9.17, 15) is 0 Å². The molecule has 78 valence electrons. The number of aromatic nitrogens is 1. The molecule has 0 fully saturated rings. The Morgan fingerprint density at radius 2 is 1.86 bits per heavy atom. The number of pyridine rings is 1. The first kappa shape index (κ1) is 11.2. The first-order chi connectivity index (χ1) is 6.53. The lowest BCUT2D eigenvalue weighted by Crippen LogP contribution is -2.22. The van der Waals surface area contributed by atoms with Crippen molar-refractivity contribution in [2.24, 2.45) is 5.41 Å². The first-order valence-corrected chi connectivity index (χ1v) is 5.10. The highest BCUT2D eigenvalue weighted by Crippen LogP contribution is 2.28. The summed E-state index contributed by atoms with van der Waals surface area (Å²) in [6, 6.07) is 4.58. The summed E-state index contributed by atoms with van der Waals surface area (Å²) in [5, 5.41) is 3.35. The average molecular weight is 192 g/mol. The van der Waals surface area contributed by atoms with Crippen LogP contribution in [0.3, 0.4) is 0 Å². The van der Waals surface area contributed by atoms with Crippen molar-refractivity contribution in [3.05, 3.63) is 30.1 Å². The third kappa shape index (κ3) is 3.46. The molecule has 2 heteroatoms. The highest BCUT2D eigenvalue weighted by Gasteiger charge is 2.18. The van der Waals surface area contributed by atoms with Crippen LogP contribution in [0.25, 0.3) is 0 Å². The predicted molar refractivity (Wildman–Crippen MR) is 60.1 cm³/mol. The van der Waals surface area contributed by atoms with Gasteiger partial charge in [0.05, 0.1) is 0 Å². The summed E-state index contributed by atoms with van der Waals surface area (Å²) in [5.41, 5.74) is 1.66. The summed E-state index contributed by atoms with van der Waals surface area (Å²) >= 11 is 0. The van der Waals surface area contributed by atoms with Gasteiger partial charge in [0.1, 0.15) is 0 Å². The van der Waals surface area contributed by atoms with Gasteiger partial charge in [-0.1, -0.05) is 20.8 Å². The molecule has 0 aliphatic rings. The van der Waals surface area contributed by atoms with Crippen LogP contribution in [0.5, 0.6) is 0 Å². The zero-order valence-electron chi connectivity index (χ0n) is 9.54. The molecule has 0 spiro atoms. The van der Waals surface area contributed by atoms with Gasteiger partial charge < -0.3 is 5.32 Å². The van der Waals surface area contributed by atoms with Crippen LogP contribution in [0.15, 0.2) is 24.5 Å². The lowest BCUT2D eigenvalue weighted by atomic mass is 9.86. The molecule has 0 saturated heterocycles. The second-order valence-electron chi connectivity index (χ2n) is 4.89. The Balaban J connectivity index is 2.73. The van der Waals surface area contributed by atoms with E-state index in [0.717, 1.165) is 6.42 Å². The fraction of sp³-hybridized carbons (Fsp3) is 0.583. The van der Waals surface area contributed by atoms with E-state index in [1.807, 2.05) is 19.4 Å². The molecule has 1 unspecified atom stereocenters. The monoisotopic (exact) mass is 192 g/mol. The number of nitrogens with zero attached hydrogens (tertiary/aromatic N) is 1. The van der Waals surface area contributed by atoms with E-state index in [1.165, 1.54) is 5.56 Å². The maximum Gasteiger partial charge on any atom is 0.0323 e. The minimum Gasteiger partial charge on any atom is -0.313 e.